The average molecular weight is 395 g/mol. The van der Waals surface area contributed by atoms with Crippen LogP contribution >= 0.6 is 11.6 Å². The molecular formula is C18H19ClN2O4S. The molecule has 0 aliphatic carbocycles. The van der Waals surface area contributed by atoms with Crippen LogP contribution in [0.3, 0.4) is 0 Å². The Hall–Kier alpha value is -2.38. The molecule has 0 bridgehead atoms. The normalized spacial score (nSPS) is 11.0. The van der Waals surface area contributed by atoms with E-state index in [0.717, 1.165) is 10.6 Å². The van der Waals surface area contributed by atoms with E-state index in [1.807, 2.05) is 0 Å². The van der Waals surface area contributed by atoms with Crippen LogP contribution in [0.4, 0.5) is 11.4 Å². The molecule has 0 saturated carbocycles. The van der Waals surface area contributed by atoms with E-state index < -0.39 is 10.0 Å². The molecule has 0 atom stereocenters. The predicted octanol–water partition coefficient (Wildman–Crippen LogP) is 3.34. The minimum absolute atomic E-state index is 0.0232. The summed E-state index contributed by atoms with van der Waals surface area (Å²) in [5.74, 6) is -0.440. The zero-order valence-electron chi connectivity index (χ0n) is 14.4. The standard InChI is InChI=1S/C18H19ClN2O4S/c1-13(22)14-6-8-17(9-7-14)21(26(2,24)25)11-10-18(23)20-16-5-3-4-15(19)12-16/h3-9,12H,10-11H2,1-2H3,(H,20,23). The van der Waals surface area contributed by atoms with Gasteiger partial charge in [0.25, 0.3) is 0 Å². The van der Waals surface area contributed by atoms with Crippen molar-refractivity contribution in [3.63, 3.8) is 0 Å². The van der Waals surface area contributed by atoms with Crippen molar-refractivity contribution in [3.05, 3.63) is 59.1 Å². The number of carbonyl (C=O) groups is 2. The van der Waals surface area contributed by atoms with E-state index in [1.54, 1.807) is 48.5 Å². The van der Waals surface area contributed by atoms with Crippen molar-refractivity contribution in [1.29, 1.82) is 0 Å². The molecule has 2 aromatic rings. The van der Waals surface area contributed by atoms with Gasteiger partial charge in [-0.05, 0) is 49.4 Å². The summed E-state index contributed by atoms with van der Waals surface area (Å²) in [5, 5.41) is 3.17. The van der Waals surface area contributed by atoms with Crippen molar-refractivity contribution in [2.75, 3.05) is 22.4 Å². The van der Waals surface area contributed by atoms with Gasteiger partial charge >= 0.3 is 0 Å². The fourth-order valence-electron chi connectivity index (χ4n) is 2.34. The number of Topliss-reactive ketones (excluding diaryl/α,β-unsaturated/α-hetero) is 1. The lowest BCUT2D eigenvalue weighted by Gasteiger charge is -2.22. The summed E-state index contributed by atoms with van der Waals surface area (Å²) in [4.78, 5) is 23.5. The number of nitrogens with one attached hydrogen (secondary N) is 1. The molecule has 0 aliphatic rings. The molecule has 2 rings (SSSR count). The van der Waals surface area contributed by atoms with Gasteiger partial charge in [0.15, 0.2) is 5.78 Å². The van der Waals surface area contributed by atoms with Crippen LogP contribution in [0.5, 0.6) is 0 Å². The average Bonchev–Trinajstić information content (AvgIpc) is 2.54. The number of nitrogens with zero attached hydrogens (tertiary/aromatic N) is 1. The Balaban J connectivity index is 2.09. The first-order valence-corrected chi connectivity index (χ1v) is 10.0. The van der Waals surface area contributed by atoms with Crippen LogP contribution in [-0.2, 0) is 14.8 Å². The molecule has 0 saturated heterocycles. The van der Waals surface area contributed by atoms with Crippen molar-refractivity contribution >= 4 is 44.7 Å². The fourth-order valence-corrected chi connectivity index (χ4v) is 3.46. The smallest absolute Gasteiger partial charge is 0.232 e. The monoisotopic (exact) mass is 394 g/mol. The van der Waals surface area contributed by atoms with Gasteiger partial charge in [-0.25, -0.2) is 8.42 Å². The molecule has 2 aromatic carbocycles. The maximum absolute atomic E-state index is 12.1. The lowest BCUT2D eigenvalue weighted by atomic mass is 10.1. The number of ketones is 1. The summed E-state index contributed by atoms with van der Waals surface area (Å²) >= 11 is 5.87. The second kappa shape index (κ2) is 8.33. The fraction of sp³-hybridized carbons (Fsp3) is 0.222. The highest BCUT2D eigenvalue weighted by Crippen LogP contribution is 2.20. The Morgan fingerprint density at radius 2 is 1.77 bits per heavy atom. The van der Waals surface area contributed by atoms with E-state index >= 15 is 0 Å². The number of amides is 1. The van der Waals surface area contributed by atoms with Crippen molar-refractivity contribution in [2.24, 2.45) is 0 Å². The number of halogens is 1. The summed E-state index contributed by atoms with van der Waals surface area (Å²) in [6.07, 6.45) is 1.04. The van der Waals surface area contributed by atoms with Crippen molar-refractivity contribution < 1.29 is 18.0 Å². The molecular weight excluding hydrogens is 376 g/mol. The molecule has 0 unspecified atom stereocenters. The Morgan fingerprint density at radius 3 is 2.31 bits per heavy atom. The Kier molecular flexibility index (Phi) is 6.39. The largest absolute Gasteiger partial charge is 0.326 e. The third kappa shape index (κ3) is 5.57. The highest BCUT2D eigenvalue weighted by molar-refractivity contribution is 7.92. The molecule has 0 heterocycles. The molecule has 26 heavy (non-hydrogen) atoms. The molecule has 1 N–H and O–H groups in total. The number of benzene rings is 2. The Bertz CT molecular complexity index is 911. The number of hydrogen-bond acceptors (Lipinski definition) is 4. The zero-order chi connectivity index (χ0) is 19.3. The van der Waals surface area contributed by atoms with E-state index in [-0.39, 0.29) is 24.7 Å². The summed E-state index contributed by atoms with van der Waals surface area (Å²) in [6.45, 7) is 1.41. The van der Waals surface area contributed by atoms with E-state index in [2.05, 4.69) is 5.32 Å². The second-order valence-electron chi connectivity index (χ2n) is 5.75. The van der Waals surface area contributed by atoms with Crippen LogP contribution < -0.4 is 9.62 Å². The van der Waals surface area contributed by atoms with Crippen LogP contribution in [-0.4, -0.2) is 32.9 Å². The minimum Gasteiger partial charge on any atom is -0.326 e. The highest BCUT2D eigenvalue weighted by Gasteiger charge is 2.19. The lowest BCUT2D eigenvalue weighted by Crippen LogP contribution is -2.33. The van der Waals surface area contributed by atoms with Gasteiger partial charge in [0.1, 0.15) is 0 Å². The van der Waals surface area contributed by atoms with Gasteiger partial charge in [-0.3, -0.25) is 13.9 Å². The van der Waals surface area contributed by atoms with Crippen LogP contribution in [0.1, 0.15) is 23.7 Å². The topological polar surface area (TPSA) is 83.6 Å². The van der Waals surface area contributed by atoms with Crippen LogP contribution in [0.25, 0.3) is 0 Å². The first-order valence-electron chi connectivity index (χ1n) is 7.81. The number of anilines is 2. The van der Waals surface area contributed by atoms with Gasteiger partial charge in [-0.2, -0.15) is 0 Å². The van der Waals surface area contributed by atoms with Gasteiger partial charge in [-0.15, -0.1) is 0 Å². The number of carbonyl (C=O) groups excluding carboxylic acids is 2. The summed E-state index contributed by atoms with van der Waals surface area (Å²) in [6, 6.07) is 12.9. The third-order valence-electron chi connectivity index (χ3n) is 3.61. The molecule has 0 aliphatic heterocycles. The quantitative estimate of drug-likeness (QED) is 0.730. The number of rotatable bonds is 7. The van der Waals surface area contributed by atoms with E-state index in [0.29, 0.717) is 22.0 Å². The molecule has 0 radical (unpaired) electrons. The van der Waals surface area contributed by atoms with Crippen molar-refractivity contribution in [2.45, 2.75) is 13.3 Å². The van der Waals surface area contributed by atoms with E-state index in [9.17, 15) is 18.0 Å². The lowest BCUT2D eigenvalue weighted by molar-refractivity contribution is -0.116. The minimum atomic E-state index is -3.58. The zero-order valence-corrected chi connectivity index (χ0v) is 16.0. The van der Waals surface area contributed by atoms with Crippen LogP contribution in [0.15, 0.2) is 48.5 Å². The molecule has 1 amide bonds. The third-order valence-corrected chi connectivity index (χ3v) is 5.04. The molecule has 0 spiro atoms. The highest BCUT2D eigenvalue weighted by atomic mass is 35.5. The van der Waals surface area contributed by atoms with Gasteiger partial charge in [0, 0.05) is 29.2 Å². The van der Waals surface area contributed by atoms with Crippen molar-refractivity contribution in [3.8, 4) is 0 Å². The molecule has 138 valence electrons. The van der Waals surface area contributed by atoms with Gasteiger partial charge in [0.2, 0.25) is 15.9 Å². The summed E-state index contributed by atoms with van der Waals surface area (Å²) < 4.78 is 25.3. The SMILES string of the molecule is CC(=O)c1ccc(N(CCC(=O)Nc2cccc(Cl)c2)S(C)(=O)=O)cc1. The Morgan fingerprint density at radius 1 is 1.12 bits per heavy atom. The summed E-state index contributed by atoms with van der Waals surface area (Å²) in [7, 11) is -3.58. The first-order chi connectivity index (χ1) is 12.2. The van der Waals surface area contributed by atoms with Crippen LogP contribution in [0, 0.1) is 0 Å². The first kappa shape index (κ1) is 19.9. The van der Waals surface area contributed by atoms with E-state index in [4.69, 9.17) is 11.6 Å². The number of sulfonamides is 1. The van der Waals surface area contributed by atoms with E-state index in [1.165, 1.54) is 6.92 Å². The number of hydrogen-bond donors (Lipinski definition) is 1. The maximum atomic E-state index is 12.1. The summed E-state index contributed by atoms with van der Waals surface area (Å²) in [5.41, 5.74) is 1.42. The molecule has 0 aromatic heterocycles. The molecule has 0 fully saturated rings. The Labute approximate surface area is 157 Å². The van der Waals surface area contributed by atoms with Crippen molar-refractivity contribution in [1.82, 2.24) is 0 Å². The van der Waals surface area contributed by atoms with Crippen LogP contribution in [0.2, 0.25) is 5.02 Å². The molecule has 6 nitrogen and oxygen atoms in total. The maximum Gasteiger partial charge on any atom is 0.232 e. The predicted molar refractivity (Wildman–Crippen MR) is 103 cm³/mol. The molecule has 8 heteroatoms. The van der Waals surface area contributed by atoms with Gasteiger partial charge in [-0.1, -0.05) is 17.7 Å². The van der Waals surface area contributed by atoms with Gasteiger partial charge in [0.05, 0.1) is 11.9 Å². The second-order valence-corrected chi connectivity index (χ2v) is 8.09. The van der Waals surface area contributed by atoms with Gasteiger partial charge < -0.3 is 5.32 Å².